The Labute approximate surface area is 165 Å². The molecule has 2 N–H and O–H groups in total. The molecule has 0 saturated heterocycles. The van der Waals surface area contributed by atoms with E-state index in [2.05, 4.69) is 5.32 Å². The van der Waals surface area contributed by atoms with Crippen LogP contribution < -0.4 is 14.9 Å². The van der Waals surface area contributed by atoms with E-state index in [-0.39, 0.29) is 0 Å². The van der Waals surface area contributed by atoms with Crippen molar-refractivity contribution in [1.29, 1.82) is 0 Å². The zero-order valence-electron chi connectivity index (χ0n) is 14.8. The second-order valence-electron chi connectivity index (χ2n) is 5.93. The van der Waals surface area contributed by atoms with Gasteiger partial charge in [-0.05, 0) is 30.3 Å². The number of carbonyl (C=O) groups is 1. The second kappa shape index (κ2) is 8.38. The number of benzene rings is 2. The third kappa shape index (κ3) is 5.37. The Morgan fingerprint density at radius 2 is 1.79 bits per heavy atom. The lowest BCUT2D eigenvalue weighted by atomic mass is 10.2. The number of anilines is 2. The molecule has 2 rings (SSSR count). The van der Waals surface area contributed by atoms with E-state index in [1.165, 1.54) is 0 Å². The van der Waals surface area contributed by atoms with Gasteiger partial charge in [-0.15, -0.1) is 0 Å². The lowest BCUT2D eigenvalue weighted by Crippen LogP contribution is -2.33. The van der Waals surface area contributed by atoms with Crippen molar-refractivity contribution < 1.29 is 26.4 Å². The van der Waals surface area contributed by atoms with Crippen LogP contribution >= 0.6 is 11.6 Å². The summed E-state index contributed by atoms with van der Waals surface area (Å²) in [6.07, 6.45) is -4.68. The average molecular weight is 436 g/mol. The van der Waals surface area contributed by atoms with Gasteiger partial charge in [-0.3, -0.25) is 4.79 Å². The topological polar surface area (TPSA) is 78.5 Å². The fourth-order valence-electron chi connectivity index (χ4n) is 2.35. The molecular weight excluding hydrogens is 419 g/mol. The number of carbonyl (C=O) groups excluding carboxylic acids is 1. The maximum atomic E-state index is 12.8. The van der Waals surface area contributed by atoms with Gasteiger partial charge in [0.25, 0.3) is 0 Å². The number of hydrogen-bond donors (Lipinski definition) is 2. The summed E-state index contributed by atoms with van der Waals surface area (Å²) < 4.78 is 64.7. The van der Waals surface area contributed by atoms with Gasteiger partial charge in [-0.1, -0.05) is 23.7 Å². The summed E-state index contributed by atoms with van der Waals surface area (Å²) in [5.74, 6) is -0.707. The summed E-state index contributed by atoms with van der Waals surface area (Å²) in [6.45, 7) is -0.669. The van der Waals surface area contributed by atoms with Gasteiger partial charge in [0.15, 0.2) is 0 Å². The number of hydrogen-bond acceptors (Lipinski definition) is 4. The molecule has 0 aliphatic carbocycles. The summed E-state index contributed by atoms with van der Waals surface area (Å²) in [7, 11) is -0.881. The SMILES string of the molecule is CN(C)c1c(Cl)cccc1NC(=O)CNS(=O)(=O)c1cccc(C(F)(F)F)c1. The molecule has 0 heterocycles. The van der Waals surface area contributed by atoms with E-state index in [1.807, 2.05) is 4.72 Å². The number of nitrogens with zero attached hydrogens (tertiary/aromatic N) is 1. The maximum absolute atomic E-state index is 12.8. The number of sulfonamides is 1. The van der Waals surface area contributed by atoms with Crippen molar-refractivity contribution >= 4 is 38.9 Å². The van der Waals surface area contributed by atoms with Gasteiger partial charge in [0.05, 0.1) is 33.4 Å². The van der Waals surface area contributed by atoms with Crippen LogP contribution in [0.4, 0.5) is 24.5 Å². The maximum Gasteiger partial charge on any atom is 0.416 e. The number of halogens is 4. The molecule has 0 saturated carbocycles. The van der Waals surface area contributed by atoms with Crippen molar-refractivity contribution in [1.82, 2.24) is 4.72 Å². The van der Waals surface area contributed by atoms with E-state index in [9.17, 15) is 26.4 Å². The largest absolute Gasteiger partial charge is 0.416 e. The van der Waals surface area contributed by atoms with Crippen LogP contribution in [0, 0.1) is 0 Å². The van der Waals surface area contributed by atoms with E-state index < -0.39 is 39.1 Å². The number of amides is 1. The van der Waals surface area contributed by atoms with Crippen LogP contribution in [0.15, 0.2) is 47.4 Å². The quantitative estimate of drug-likeness (QED) is 0.729. The van der Waals surface area contributed by atoms with Gasteiger partial charge >= 0.3 is 6.18 Å². The smallest absolute Gasteiger partial charge is 0.375 e. The van der Waals surface area contributed by atoms with E-state index in [1.54, 1.807) is 37.2 Å². The van der Waals surface area contributed by atoms with E-state index in [0.29, 0.717) is 22.5 Å². The second-order valence-corrected chi connectivity index (χ2v) is 8.10. The van der Waals surface area contributed by atoms with Crippen molar-refractivity contribution in [3.05, 3.63) is 53.1 Å². The lowest BCUT2D eigenvalue weighted by Gasteiger charge is -2.19. The molecule has 0 radical (unpaired) electrons. The summed E-state index contributed by atoms with van der Waals surface area (Å²) >= 11 is 6.09. The van der Waals surface area contributed by atoms with Gasteiger partial charge in [-0.2, -0.15) is 13.2 Å². The number of rotatable bonds is 6. The Morgan fingerprint density at radius 1 is 1.14 bits per heavy atom. The van der Waals surface area contributed by atoms with Gasteiger partial charge in [0.2, 0.25) is 15.9 Å². The highest BCUT2D eigenvalue weighted by Gasteiger charge is 2.31. The Bertz CT molecular complexity index is 979. The fourth-order valence-corrected chi connectivity index (χ4v) is 3.72. The minimum Gasteiger partial charge on any atom is -0.375 e. The first-order valence-electron chi connectivity index (χ1n) is 7.84. The zero-order chi connectivity index (χ0) is 21.1. The van der Waals surface area contributed by atoms with Crippen molar-refractivity contribution in [2.75, 3.05) is 30.9 Å². The summed E-state index contributed by atoms with van der Waals surface area (Å²) in [5, 5.41) is 2.90. The molecule has 0 fully saturated rings. The van der Waals surface area contributed by atoms with Crippen molar-refractivity contribution in [3.63, 3.8) is 0 Å². The Hall–Kier alpha value is -2.30. The molecule has 28 heavy (non-hydrogen) atoms. The first-order chi connectivity index (χ1) is 12.9. The van der Waals surface area contributed by atoms with E-state index >= 15 is 0 Å². The third-order valence-corrected chi connectivity index (χ3v) is 5.31. The first-order valence-corrected chi connectivity index (χ1v) is 9.70. The highest BCUT2D eigenvalue weighted by Crippen LogP contribution is 2.32. The van der Waals surface area contributed by atoms with E-state index in [4.69, 9.17) is 11.6 Å². The molecule has 1 amide bonds. The van der Waals surface area contributed by atoms with Crippen LogP contribution in [0.5, 0.6) is 0 Å². The van der Waals surface area contributed by atoms with Crippen LogP contribution in [0.2, 0.25) is 5.02 Å². The predicted octanol–water partition coefficient (Wildman–Crippen LogP) is 3.34. The average Bonchev–Trinajstić information content (AvgIpc) is 2.59. The summed E-state index contributed by atoms with van der Waals surface area (Å²) in [5.41, 5.74) is -0.214. The molecule has 0 atom stereocenters. The summed E-state index contributed by atoms with van der Waals surface area (Å²) in [6, 6.07) is 8.07. The highest BCUT2D eigenvalue weighted by atomic mass is 35.5. The lowest BCUT2D eigenvalue weighted by molar-refractivity contribution is -0.137. The fraction of sp³-hybridized carbons (Fsp3) is 0.235. The van der Waals surface area contributed by atoms with Crippen LogP contribution in [0.3, 0.4) is 0 Å². The van der Waals surface area contributed by atoms with Crippen LogP contribution in [0.1, 0.15) is 5.56 Å². The molecule has 0 spiro atoms. The molecular formula is C17H17ClF3N3O3S. The van der Waals surface area contributed by atoms with Crippen LogP contribution in [-0.2, 0) is 21.0 Å². The Kier molecular flexibility index (Phi) is 6.58. The highest BCUT2D eigenvalue weighted by molar-refractivity contribution is 7.89. The molecule has 2 aromatic rings. The van der Waals surface area contributed by atoms with E-state index in [0.717, 1.165) is 18.2 Å². The van der Waals surface area contributed by atoms with Crippen molar-refractivity contribution in [2.24, 2.45) is 0 Å². The molecule has 0 aromatic heterocycles. The summed E-state index contributed by atoms with van der Waals surface area (Å²) in [4.78, 5) is 13.2. The zero-order valence-corrected chi connectivity index (χ0v) is 16.4. The Morgan fingerprint density at radius 3 is 2.39 bits per heavy atom. The predicted molar refractivity (Wildman–Crippen MR) is 101 cm³/mol. The monoisotopic (exact) mass is 435 g/mol. The van der Waals surface area contributed by atoms with Crippen molar-refractivity contribution in [3.8, 4) is 0 Å². The third-order valence-electron chi connectivity index (χ3n) is 3.60. The number of nitrogens with one attached hydrogen (secondary N) is 2. The van der Waals surface area contributed by atoms with Gasteiger partial charge < -0.3 is 10.2 Å². The Balaban J connectivity index is 2.12. The van der Waals surface area contributed by atoms with Gasteiger partial charge in [0, 0.05) is 14.1 Å². The number of alkyl halides is 3. The molecule has 6 nitrogen and oxygen atoms in total. The van der Waals surface area contributed by atoms with Gasteiger partial charge in [-0.25, -0.2) is 13.1 Å². The molecule has 0 aliphatic heterocycles. The molecule has 0 bridgehead atoms. The van der Waals surface area contributed by atoms with Crippen LogP contribution in [0.25, 0.3) is 0 Å². The normalized spacial score (nSPS) is 11.9. The standard InChI is InChI=1S/C17H17ClF3N3O3S/c1-24(2)16-13(18)7-4-8-14(16)23-15(25)10-22-28(26,27)12-6-3-5-11(9-12)17(19,20)21/h3-9,22H,10H2,1-2H3,(H,23,25). The molecule has 11 heteroatoms. The molecule has 152 valence electrons. The molecule has 2 aromatic carbocycles. The van der Waals surface area contributed by atoms with Gasteiger partial charge in [0.1, 0.15) is 0 Å². The van der Waals surface area contributed by atoms with Crippen molar-refractivity contribution in [2.45, 2.75) is 11.1 Å². The minimum atomic E-state index is -4.68. The first kappa shape index (κ1) is 22.0. The van der Waals surface area contributed by atoms with Crippen LogP contribution in [-0.4, -0.2) is 35.0 Å². The molecule has 0 aliphatic rings. The minimum absolute atomic E-state index is 0.362. The number of para-hydroxylation sites is 1. The molecule has 0 unspecified atom stereocenters.